The first kappa shape index (κ1) is 19.7. The van der Waals surface area contributed by atoms with Gasteiger partial charge in [-0.15, -0.1) is 5.10 Å². The second kappa shape index (κ2) is 8.75. The van der Waals surface area contributed by atoms with Crippen LogP contribution in [0.5, 0.6) is 0 Å². The Morgan fingerprint density at radius 2 is 2.26 bits per heavy atom. The molecule has 2 N–H and O–H groups in total. The largest absolute Gasteiger partial charge is 0.346 e. The van der Waals surface area contributed by atoms with E-state index in [0.29, 0.717) is 25.3 Å². The molecule has 1 aromatic carbocycles. The summed E-state index contributed by atoms with van der Waals surface area (Å²) in [7, 11) is 0. The average molecular weight is 399 g/mol. The number of carbonyl (C=O) groups is 1. The molecule has 2 heterocycles. The van der Waals surface area contributed by atoms with Crippen molar-refractivity contribution in [2.24, 2.45) is 0 Å². The Labute approximate surface area is 158 Å². The normalized spacial score (nSPS) is 16.9. The Balaban J connectivity index is 1.77. The van der Waals surface area contributed by atoms with E-state index in [-0.39, 0.29) is 24.1 Å². The zero-order valence-corrected chi connectivity index (χ0v) is 15.5. The molecular weight excluding hydrogens is 379 g/mol. The molecule has 0 spiro atoms. The molecule has 1 fully saturated rings. The molecule has 1 atom stereocenters. The fraction of sp³-hybridized carbons (Fsp3) is 0.471. The Bertz CT molecular complexity index is 808. The first-order valence-corrected chi connectivity index (χ1v) is 9.89. The molecule has 10 heteroatoms. The van der Waals surface area contributed by atoms with Crippen LogP contribution in [-0.2, 0) is 12.3 Å². The minimum Gasteiger partial charge on any atom is -0.346 e. The number of rotatable bonds is 7. The van der Waals surface area contributed by atoms with Gasteiger partial charge < -0.3 is 10.6 Å². The lowest BCUT2D eigenvalue weighted by atomic mass is 10.1. The van der Waals surface area contributed by atoms with Crippen LogP contribution in [0.4, 0.5) is 13.2 Å². The Hall–Kier alpha value is -2.07. The lowest BCUT2D eigenvalue weighted by Gasteiger charge is -2.13. The quantitative estimate of drug-likeness (QED) is 0.749. The number of hydrogen-bond donors (Lipinski definition) is 2. The number of alkyl halides is 2. The van der Waals surface area contributed by atoms with Crippen LogP contribution in [0.2, 0.25) is 0 Å². The lowest BCUT2D eigenvalue weighted by molar-refractivity contribution is 0.0927. The van der Waals surface area contributed by atoms with Crippen molar-refractivity contribution in [3.8, 4) is 0 Å². The summed E-state index contributed by atoms with van der Waals surface area (Å²) in [6.45, 7) is 1.31. The van der Waals surface area contributed by atoms with Gasteiger partial charge in [0.05, 0.1) is 6.04 Å². The van der Waals surface area contributed by atoms with Gasteiger partial charge in [-0.2, -0.15) is 11.8 Å². The standard InChI is InChI=1S/C17H20F3N5OS/c1-27-9-11-6-12(18)3-2-10(11)7-22-17(26)14-15(16(19)20)25(24-23-14)13-4-5-21-8-13/h2-3,6,13,16,21H,4-5,7-9H2,1H3,(H,22,26). The van der Waals surface area contributed by atoms with Gasteiger partial charge in [0.1, 0.15) is 11.5 Å². The van der Waals surface area contributed by atoms with Crippen LogP contribution < -0.4 is 10.6 Å². The molecule has 0 radical (unpaired) electrons. The fourth-order valence-electron chi connectivity index (χ4n) is 3.10. The highest BCUT2D eigenvalue weighted by Gasteiger charge is 2.31. The predicted octanol–water partition coefficient (Wildman–Crippen LogP) is 2.68. The molecule has 0 aliphatic carbocycles. The van der Waals surface area contributed by atoms with Gasteiger partial charge in [-0.1, -0.05) is 11.3 Å². The third-order valence-corrected chi connectivity index (χ3v) is 5.04. The molecule has 1 unspecified atom stereocenters. The zero-order chi connectivity index (χ0) is 19.4. The van der Waals surface area contributed by atoms with E-state index >= 15 is 0 Å². The first-order valence-electron chi connectivity index (χ1n) is 8.49. The first-order chi connectivity index (χ1) is 13.0. The highest BCUT2D eigenvalue weighted by Crippen LogP contribution is 2.26. The molecule has 2 aromatic rings. The van der Waals surface area contributed by atoms with Gasteiger partial charge in [0, 0.05) is 18.8 Å². The van der Waals surface area contributed by atoms with Crippen molar-refractivity contribution in [1.82, 2.24) is 25.6 Å². The topological polar surface area (TPSA) is 71.8 Å². The minimum absolute atomic E-state index is 0.0928. The molecule has 146 valence electrons. The molecule has 0 saturated carbocycles. The van der Waals surface area contributed by atoms with Crippen LogP contribution in [0.1, 0.15) is 46.2 Å². The molecule has 1 aromatic heterocycles. The predicted molar refractivity (Wildman–Crippen MR) is 96.3 cm³/mol. The van der Waals surface area contributed by atoms with E-state index in [9.17, 15) is 18.0 Å². The van der Waals surface area contributed by atoms with E-state index in [2.05, 4.69) is 20.9 Å². The van der Waals surface area contributed by atoms with E-state index in [1.165, 1.54) is 23.9 Å². The van der Waals surface area contributed by atoms with Crippen LogP contribution in [-0.4, -0.2) is 40.2 Å². The van der Waals surface area contributed by atoms with Crippen molar-refractivity contribution in [1.29, 1.82) is 0 Å². The van der Waals surface area contributed by atoms with Gasteiger partial charge in [0.15, 0.2) is 5.69 Å². The van der Waals surface area contributed by atoms with E-state index in [0.717, 1.165) is 15.8 Å². The highest BCUT2D eigenvalue weighted by atomic mass is 32.2. The third kappa shape index (κ3) is 4.44. The minimum atomic E-state index is -2.86. The SMILES string of the molecule is CSCc1cc(F)ccc1CNC(=O)c1nnn(C2CCNC2)c1C(F)F. The second-order valence-electron chi connectivity index (χ2n) is 6.24. The van der Waals surface area contributed by atoms with Crippen LogP contribution in [0.25, 0.3) is 0 Å². The van der Waals surface area contributed by atoms with Crippen molar-refractivity contribution in [2.75, 3.05) is 19.3 Å². The number of thioether (sulfide) groups is 1. The molecule has 0 bridgehead atoms. The van der Waals surface area contributed by atoms with Crippen molar-refractivity contribution >= 4 is 17.7 Å². The number of hydrogen-bond acceptors (Lipinski definition) is 5. The Kier molecular flexibility index (Phi) is 6.38. The van der Waals surface area contributed by atoms with Gasteiger partial charge in [-0.05, 0) is 42.5 Å². The number of nitrogens with one attached hydrogen (secondary N) is 2. The summed E-state index contributed by atoms with van der Waals surface area (Å²) in [5.41, 5.74) is 0.637. The summed E-state index contributed by atoms with van der Waals surface area (Å²) in [6.07, 6.45) is -0.324. The number of aromatic nitrogens is 3. The molecular formula is C17H20F3N5OS. The number of halogens is 3. The van der Waals surface area contributed by atoms with Crippen LogP contribution in [0.3, 0.4) is 0 Å². The molecule has 6 nitrogen and oxygen atoms in total. The summed E-state index contributed by atoms with van der Waals surface area (Å²) < 4.78 is 41.7. The van der Waals surface area contributed by atoms with Gasteiger partial charge in [0.2, 0.25) is 0 Å². The maximum absolute atomic E-state index is 13.6. The summed E-state index contributed by atoms with van der Waals surface area (Å²) in [6, 6.07) is 4.05. The Morgan fingerprint density at radius 1 is 1.44 bits per heavy atom. The number of benzene rings is 1. The number of carbonyl (C=O) groups excluding carboxylic acids is 1. The van der Waals surface area contributed by atoms with Gasteiger partial charge in [-0.25, -0.2) is 17.9 Å². The zero-order valence-electron chi connectivity index (χ0n) is 14.7. The van der Waals surface area contributed by atoms with E-state index in [1.54, 1.807) is 6.07 Å². The summed E-state index contributed by atoms with van der Waals surface area (Å²) in [5.74, 6) is -0.500. The summed E-state index contributed by atoms with van der Waals surface area (Å²) >= 11 is 1.52. The molecule has 3 rings (SSSR count). The fourth-order valence-corrected chi connectivity index (χ4v) is 3.68. The van der Waals surface area contributed by atoms with Crippen molar-refractivity contribution in [2.45, 2.75) is 31.2 Å². The van der Waals surface area contributed by atoms with Gasteiger partial charge >= 0.3 is 0 Å². The monoisotopic (exact) mass is 399 g/mol. The van der Waals surface area contributed by atoms with Gasteiger partial charge in [0.25, 0.3) is 12.3 Å². The molecule has 1 amide bonds. The van der Waals surface area contributed by atoms with E-state index in [4.69, 9.17) is 0 Å². The molecule has 1 saturated heterocycles. The number of nitrogens with zero attached hydrogens (tertiary/aromatic N) is 3. The second-order valence-corrected chi connectivity index (χ2v) is 7.11. The molecule has 1 aliphatic heterocycles. The summed E-state index contributed by atoms with van der Waals surface area (Å²) in [4.78, 5) is 12.5. The highest BCUT2D eigenvalue weighted by molar-refractivity contribution is 7.97. The Morgan fingerprint density at radius 3 is 2.93 bits per heavy atom. The van der Waals surface area contributed by atoms with Crippen molar-refractivity contribution in [3.05, 3.63) is 46.5 Å². The van der Waals surface area contributed by atoms with Crippen LogP contribution in [0, 0.1) is 5.82 Å². The average Bonchev–Trinajstić information content (AvgIpc) is 3.30. The molecule has 1 aliphatic rings. The van der Waals surface area contributed by atoms with Crippen molar-refractivity contribution < 1.29 is 18.0 Å². The third-order valence-electron chi connectivity index (χ3n) is 4.44. The maximum Gasteiger partial charge on any atom is 0.282 e. The van der Waals surface area contributed by atoms with E-state index < -0.39 is 18.0 Å². The smallest absolute Gasteiger partial charge is 0.282 e. The van der Waals surface area contributed by atoms with Crippen molar-refractivity contribution in [3.63, 3.8) is 0 Å². The summed E-state index contributed by atoms with van der Waals surface area (Å²) in [5, 5.41) is 13.2. The number of amides is 1. The van der Waals surface area contributed by atoms with E-state index in [1.807, 2.05) is 6.26 Å². The maximum atomic E-state index is 13.6. The lowest BCUT2D eigenvalue weighted by Crippen LogP contribution is -2.26. The van der Waals surface area contributed by atoms with Crippen LogP contribution >= 0.6 is 11.8 Å². The van der Waals surface area contributed by atoms with Crippen LogP contribution in [0.15, 0.2) is 18.2 Å². The van der Waals surface area contributed by atoms with Gasteiger partial charge in [-0.3, -0.25) is 4.79 Å². The molecule has 27 heavy (non-hydrogen) atoms.